The van der Waals surface area contributed by atoms with Crippen molar-refractivity contribution in [1.82, 2.24) is 4.57 Å². The van der Waals surface area contributed by atoms with Crippen LogP contribution in [0, 0.1) is 7.14 Å². The molecule has 0 fully saturated rings. The van der Waals surface area contributed by atoms with Gasteiger partial charge in [-0.1, -0.05) is 53.8 Å². The topological polar surface area (TPSA) is 90.1 Å². The molecular formula is C29H22I2N2O5S. The van der Waals surface area contributed by atoms with E-state index in [0.717, 1.165) is 11.1 Å². The van der Waals surface area contributed by atoms with Gasteiger partial charge in [-0.3, -0.25) is 9.36 Å². The van der Waals surface area contributed by atoms with Crippen molar-refractivity contribution in [3.8, 4) is 11.5 Å². The molecule has 1 aliphatic heterocycles. The van der Waals surface area contributed by atoms with Gasteiger partial charge in [-0.25, -0.2) is 9.79 Å². The Morgan fingerprint density at radius 2 is 1.82 bits per heavy atom. The van der Waals surface area contributed by atoms with Gasteiger partial charge < -0.3 is 14.6 Å². The summed E-state index contributed by atoms with van der Waals surface area (Å²) in [7, 11) is 1.57. The number of aromatic nitrogens is 1. The van der Waals surface area contributed by atoms with Gasteiger partial charge in [0.05, 0.1) is 42.7 Å². The van der Waals surface area contributed by atoms with Crippen LogP contribution in [-0.2, 0) is 9.53 Å². The molecule has 0 bridgehead atoms. The van der Waals surface area contributed by atoms with Crippen molar-refractivity contribution in [3.05, 3.63) is 116 Å². The highest BCUT2D eigenvalue weighted by Gasteiger charge is 2.35. The maximum Gasteiger partial charge on any atom is 0.338 e. The second-order valence-corrected chi connectivity index (χ2v) is 11.9. The Hall–Kier alpha value is -2.97. The molecule has 0 spiro atoms. The first kappa shape index (κ1) is 27.6. The molecular weight excluding hydrogens is 742 g/mol. The van der Waals surface area contributed by atoms with Crippen LogP contribution < -0.4 is 19.6 Å². The molecule has 1 atom stereocenters. The molecule has 0 radical (unpaired) electrons. The highest BCUT2D eigenvalue weighted by molar-refractivity contribution is 14.1. The molecule has 4 aromatic rings. The normalized spacial score (nSPS) is 15.1. The van der Waals surface area contributed by atoms with Gasteiger partial charge in [-0.15, -0.1) is 0 Å². The van der Waals surface area contributed by atoms with E-state index >= 15 is 0 Å². The third kappa shape index (κ3) is 5.41. The summed E-state index contributed by atoms with van der Waals surface area (Å²) < 4.78 is 14.3. The molecule has 0 amide bonds. The maximum atomic E-state index is 14.0. The van der Waals surface area contributed by atoms with E-state index in [2.05, 4.69) is 45.2 Å². The first-order chi connectivity index (χ1) is 18.8. The molecule has 2 heterocycles. The Labute approximate surface area is 255 Å². The summed E-state index contributed by atoms with van der Waals surface area (Å²) in [5.41, 5.74) is 2.68. The summed E-state index contributed by atoms with van der Waals surface area (Å²) in [5, 5.41) is 10.2. The predicted octanol–water partition coefficient (Wildman–Crippen LogP) is 4.86. The number of halogens is 2. The highest BCUT2D eigenvalue weighted by atomic mass is 127. The average molecular weight is 764 g/mol. The Morgan fingerprint density at radius 1 is 1.10 bits per heavy atom. The Bertz CT molecular complexity index is 1770. The van der Waals surface area contributed by atoms with Crippen LogP contribution in [0.3, 0.4) is 0 Å². The molecule has 0 unspecified atom stereocenters. The van der Waals surface area contributed by atoms with Gasteiger partial charge in [0.15, 0.2) is 4.80 Å². The van der Waals surface area contributed by atoms with Crippen LogP contribution >= 0.6 is 56.5 Å². The number of rotatable bonds is 6. The molecule has 1 aromatic heterocycles. The average Bonchev–Trinajstić information content (AvgIpc) is 3.25. The van der Waals surface area contributed by atoms with E-state index in [1.807, 2.05) is 66.7 Å². The Balaban J connectivity index is 1.84. The number of carbonyl (C=O) groups excluding carboxylic acids is 1. The number of carbonyl (C=O) groups is 1. The molecule has 39 heavy (non-hydrogen) atoms. The maximum absolute atomic E-state index is 14.0. The van der Waals surface area contributed by atoms with E-state index in [9.17, 15) is 14.7 Å². The number of ether oxygens (including phenoxy) is 2. The number of aromatic hydroxyl groups is 1. The largest absolute Gasteiger partial charge is 0.506 e. The van der Waals surface area contributed by atoms with Crippen LogP contribution in [0.15, 0.2) is 82.1 Å². The number of fused-ring (bicyclic) bond motifs is 1. The van der Waals surface area contributed by atoms with Gasteiger partial charge in [0.1, 0.15) is 11.5 Å². The SMILES string of the molecule is CCOC(=O)C1=C(c2ccccc2)N=c2s/c(=C\c3cc(I)c(O)c(I)c3)c(=O)n2[C@H]1c1cccc(OC)c1. The summed E-state index contributed by atoms with van der Waals surface area (Å²) in [5.74, 6) is 0.272. The molecule has 5 rings (SSSR count). The number of phenols is 1. The third-order valence-electron chi connectivity index (χ3n) is 6.12. The summed E-state index contributed by atoms with van der Waals surface area (Å²) in [6, 6.07) is 19.6. The molecule has 3 aromatic carbocycles. The fourth-order valence-corrected chi connectivity index (χ4v) is 7.20. The Kier molecular flexibility index (Phi) is 8.24. The summed E-state index contributed by atoms with van der Waals surface area (Å²) >= 11 is 5.38. The van der Waals surface area contributed by atoms with Crippen molar-refractivity contribution >= 4 is 74.3 Å². The van der Waals surface area contributed by atoms with Crippen molar-refractivity contribution in [2.75, 3.05) is 13.7 Å². The van der Waals surface area contributed by atoms with Crippen LogP contribution in [0.5, 0.6) is 11.5 Å². The van der Waals surface area contributed by atoms with Crippen LogP contribution in [-0.4, -0.2) is 29.4 Å². The van der Waals surface area contributed by atoms with Crippen molar-refractivity contribution in [2.24, 2.45) is 4.99 Å². The zero-order valence-corrected chi connectivity index (χ0v) is 26.0. The molecule has 1 N–H and O–H groups in total. The van der Waals surface area contributed by atoms with Gasteiger partial charge in [0.25, 0.3) is 5.56 Å². The fraction of sp³-hybridized carbons (Fsp3) is 0.138. The lowest BCUT2D eigenvalue weighted by atomic mass is 9.93. The standard InChI is InChI=1S/C29H22I2N2O5S/c1-3-38-28(36)23-24(17-8-5-4-6-9-17)32-29-33(25(23)18-10-7-11-19(15-18)37-2)27(35)22(39-29)14-16-12-20(30)26(34)21(31)13-16/h4-15,25,34H,3H2,1-2H3/b22-14-/t25-/m0/s1. The fourth-order valence-electron chi connectivity index (χ4n) is 4.39. The second-order valence-electron chi connectivity index (χ2n) is 8.54. The minimum Gasteiger partial charge on any atom is -0.506 e. The van der Waals surface area contributed by atoms with E-state index in [1.54, 1.807) is 24.7 Å². The van der Waals surface area contributed by atoms with E-state index in [-0.39, 0.29) is 23.5 Å². The summed E-state index contributed by atoms with van der Waals surface area (Å²) in [6.07, 6.45) is 1.78. The minimum atomic E-state index is -0.784. The van der Waals surface area contributed by atoms with Crippen LogP contribution in [0.2, 0.25) is 0 Å². The number of thiazole rings is 1. The molecule has 7 nitrogen and oxygen atoms in total. The quantitative estimate of drug-likeness (QED) is 0.224. The number of esters is 1. The van der Waals surface area contributed by atoms with Crippen molar-refractivity contribution in [1.29, 1.82) is 0 Å². The second kappa shape index (κ2) is 11.6. The predicted molar refractivity (Wildman–Crippen MR) is 168 cm³/mol. The van der Waals surface area contributed by atoms with Gasteiger partial charge in [0.2, 0.25) is 0 Å². The van der Waals surface area contributed by atoms with E-state index in [4.69, 9.17) is 14.5 Å². The number of nitrogens with zero attached hydrogens (tertiary/aromatic N) is 2. The molecule has 1 aliphatic rings. The Morgan fingerprint density at radius 3 is 2.49 bits per heavy atom. The van der Waals surface area contributed by atoms with E-state index in [0.29, 0.717) is 33.5 Å². The van der Waals surface area contributed by atoms with Crippen LogP contribution in [0.4, 0.5) is 0 Å². The number of methoxy groups -OCH3 is 1. The number of phenolic OH excluding ortho intramolecular Hbond substituents is 1. The monoisotopic (exact) mass is 764 g/mol. The van der Waals surface area contributed by atoms with Gasteiger partial charge in [-0.05, 0) is 93.6 Å². The van der Waals surface area contributed by atoms with Crippen LogP contribution in [0.25, 0.3) is 11.8 Å². The first-order valence-electron chi connectivity index (χ1n) is 11.9. The van der Waals surface area contributed by atoms with E-state index in [1.165, 1.54) is 11.3 Å². The van der Waals surface area contributed by atoms with Gasteiger partial charge >= 0.3 is 5.97 Å². The number of hydrogen-bond acceptors (Lipinski definition) is 7. The lowest BCUT2D eigenvalue weighted by molar-refractivity contribution is -0.138. The number of benzene rings is 3. The molecule has 0 aliphatic carbocycles. The molecule has 10 heteroatoms. The smallest absolute Gasteiger partial charge is 0.338 e. The van der Waals surface area contributed by atoms with Crippen molar-refractivity contribution in [3.63, 3.8) is 0 Å². The zero-order chi connectivity index (χ0) is 27.7. The number of hydrogen-bond donors (Lipinski definition) is 1. The van der Waals surface area contributed by atoms with Crippen molar-refractivity contribution in [2.45, 2.75) is 13.0 Å². The minimum absolute atomic E-state index is 0.178. The molecule has 0 saturated carbocycles. The zero-order valence-electron chi connectivity index (χ0n) is 20.9. The lowest BCUT2D eigenvalue weighted by Crippen LogP contribution is -2.40. The summed E-state index contributed by atoms with van der Waals surface area (Å²) in [4.78, 5) is 32.8. The molecule has 0 saturated heterocycles. The van der Waals surface area contributed by atoms with Gasteiger partial charge in [-0.2, -0.15) is 0 Å². The highest BCUT2D eigenvalue weighted by Crippen LogP contribution is 2.36. The summed E-state index contributed by atoms with van der Waals surface area (Å²) in [6.45, 7) is 1.93. The lowest BCUT2D eigenvalue weighted by Gasteiger charge is -2.26. The van der Waals surface area contributed by atoms with Crippen molar-refractivity contribution < 1.29 is 19.4 Å². The molecule has 198 valence electrons. The first-order valence-corrected chi connectivity index (χ1v) is 14.9. The van der Waals surface area contributed by atoms with Crippen LogP contribution in [0.1, 0.15) is 29.7 Å². The third-order valence-corrected chi connectivity index (χ3v) is 8.75. The van der Waals surface area contributed by atoms with E-state index < -0.39 is 12.0 Å². The van der Waals surface area contributed by atoms with Gasteiger partial charge in [0, 0.05) is 5.56 Å².